The fourth-order valence-electron chi connectivity index (χ4n) is 1.65. The Labute approximate surface area is 116 Å². The lowest BCUT2D eigenvalue weighted by atomic mass is 10.3. The van der Waals surface area contributed by atoms with Crippen molar-refractivity contribution in [1.82, 2.24) is 14.9 Å². The number of hydrogen-bond donors (Lipinski definition) is 2. The number of aromatic amines is 1. The van der Waals surface area contributed by atoms with E-state index >= 15 is 0 Å². The number of thioether (sulfide) groups is 1. The van der Waals surface area contributed by atoms with Gasteiger partial charge in [0.05, 0.1) is 0 Å². The van der Waals surface area contributed by atoms with Crippen molar-refractivity contribution in [2.24, 2.45) is 0 Å². The Morgan fingerprint density at radius 3 is 2.74 bits per heavy atom. The summed E-state index contributed by atoms with van der Waals surface area (Å²) < 4.78 is 0. The van der Waals surface area contributed by atoms with Gasteiger partial charge in [-0.2, -0.15) is 0 Å². The van der Waals surface area contributed by atoms with E-state index in [1.807, 2.05) is 18.7 Å². The molecule has 1 heterocycles. The van der Waals surface area contributed by atoms with Crippen LogP contribution < -0.4 is 11.3 Å². The van der Waals surface area contributed by atoms with Crippen molar-refractivity contribution >= 4 is 23.5 Å². The second-order valence-corrected chi connectivity index (χ2v) is 5.08. The van der Waals surface area contributed by atoms with Crippen LogP contribution in [0.15, 0.2) is 16.0 Å². The monoisotopic (exact) mass is 284 g/mol. The van der Waals surface area contributed by atoms with E-state index in [9.17, 15) is 9.59 Å². The first kappa shape index (κ1) is 15.6. The molecule has 0 radical (unpaired) electrons. The van der Waals surface area contributed by atoms with Gasteiger partial charge in [-0.15, -0.1) is 0 Å². The highest BCUT2D eigenvalue weighted by molar-refractivity contribution is 7.99. The number of hydrogen-bond acceptors (Lipinski definition) is 5. The quantitative estimate of drug-likeness (QED) is 0.444. The molecule has 1 aromatic rings. The second-order valence-electron chi connectivity index (χ2n) is 3.99. The molecule has 7 heteroatoms. The third-order valence-electron chi connectivity index (χ3n) is 2.63. The molecule has 1 rings (SSSR count). The summed E-state index contributed by atoms with van der Waals surface area (Å²) in [5.74, 6) is 1.10. The molecule has 0 saturated heterocycles. The van der Waals surface area contributed by atoms with Crippen LogP contribution in [0.1, 0.15) is 26.7 Å². The fourth-order valence-corrected chi connectivity index (χ4v) is 2.47. The molecular formula is C12H20N4O2S. The number of nitrogens with one attached hydrogen (secondary N) is 1. The number of carbonyl (C=O) groups is 1. The van der Waals surface area contributed by atoms with Gasteiger partial charge in [0.25, 0.3) is 5.56 Å². The second kappa shape index (κ2) is 7.83. The van der Waals surface area contributed by atoms with Gasteiger partial charge < -0.3 is 15.6 Å². The fraction of sp³-hybridized carbons (Fsp3) is 0.583. The Kier molecular flexibility index (Phi) is 6.41. The first-order valence-corrected chi connectivity index (χ1v) is 7.32. The number of nitrogens with two attached hydrogens (primary N) is 1. The maximum absolute atomic E-state index is 11.7. The van der Waals surface area contributed by atoms with Crippen LogP contribution in [-0.2, 0) is 4.79 Å². The zero-order valence-electron chi connectivity index (χ0n) is 11.3. The van der Waals surface area contributed by atoms with Gasteiger partial charge in [0, 0.05) is 31.3 Å². The van der Waals surface area contributed by atoms with E-state index in [1.165, 1.54) is 17.8 Å². The third-order valence-corrected chi connectivity index (χ3v) is 3.59. The molecule has 0 aliphatic rings. The zero-order chi connectivity index (χ0) is 14.3. The maximum atomic E-state index is 11.7. The molecule has 19 heavy (non-hydrogen) atoms. The zero-order valence-corrected chi connectivity index (χ0v) is 12.1. The lowest BCUT2D eigenvalue weighted by molar-refractivity contribution is -0.130. The van der Waals surface area contributed by atoms with Gasteiger partial charge in [0.15, 0.2) is 5.16 Å². The van der Waals surface area contributed by atoms with E-state index in [-0.39, 0.29) is 17.3 Å². The minimum absolute atomic E-state index is 0.166. The molecule has 106 valence electrons. The molecule has 0 bridgehead atoms. The minimum Gasteiger partial charge on any atom is -0.383 e. The molecule has 0 saturated carbocycles. The van der Waals surface area contributed by atoms with Crippen LogP contribution in [0.25, 0.3) is 0 Å². The third kappa shape index (κ3) is 5.34. The number of amides is 1. The molecule has 1 aromatic heterocycles. The molecular weight excluding hydrogens is 264 g/mol. The van der Waals surface area contributed by atoms with Crippen LogP contribution in [0.3, 0.4) is 0 Å². The largest absolute Gasteiger partial charge is 0.383 e. The minimum atomic E-state index is -0.255. The van der Waals surface area contributed by atoms with Gasteiger partial charge >= 0.3 is 0 Å². The number of anilines is 1. The summed E-state index contributed by atoms with van der Waals surface area (Å²) in [7, 11) is 0. The van der Waals surface area contributed by atoms with Gasteiger partial charge in [-0.1, -0.05) is 11.8 Å². The van der Waals surface area contributed by atoms with E-state index in [0.717, 1.165) is 25.3 Å². The van der Waals surface area contributed by atoms with E-state index < -0.39 is 0 Å². The molecule has 0 unspecified atom stereocenters. The Morgan fingerprint density at radius 1 is 1.47 bits per heavy atom. The van der Waals surface area contributed by atoms with E-state index in [1.54, 1.807) is 0 Å². The van der Waals surface area contributed by atoms with Crippen molar-refractivity contribution in [3.63, 3.8) is 0 Å². The van der Waals surface area contributed by atoms with Crippen molar-refractivity contribution < 1.29 is 4.79 Å². The van der Waals surface area contributed by atoms with Crippen molar-refractivity contribution in [1.29, 1.82) is 0 Å². The Balaban J connectivity index is 2.34. The Bertz CT molecular complexity index is 471. The van der Waals surface area contributed by atoms with Crippen molar-refractivity contribution in [2.75, 3.05) is 24.6 Å². The number of nitrogen functional groups attached to an aromatic ring is 1. The molecule has 0 atom stereocenters. The standard InChI is InChI=1S/C12H20N4O2S/c1-3-16(4-2)11(18)6-5-7-19-12-14-9(13)8-10(17)15-12/h8H,3-7H2,1-2H3,(H3,13,14,15,17). The maximum Gasteiger partial charge on any atom is 0.253 e. The number of nitrogens with zero attached hydrogens (tertiary/aromatic N) is 2. The average molecular weight is 284 g/mol. The number of rotatable bonds is 7. The summed E-state index contributed by atoms with van der Waals surface area (Å²) in [4.78, 5) is 31.3. The van der Waals surface area contributed by atoms with Crippen LogP contribution in [0.5, 0.6) is 0 Å². The summed E-state index contributed by atoms with van der Waals surface area (Å²) >= 11 is 1.40. The van der Waals surface area contributed by atoms with Crippen molar-refractivity contribution in [2.45, 2.75) is 31.8 Å². The lowest BCUT2D eigenvalue weighted by Gasteiger charge is -2.18. The van der Waals surface area contributed by atoms with E-state index in [2.05, 4.69) is 9.97 Å². The van der Waals surface area contributed by atoms with E-state index in [0.29, 0.717) is 11.6 Å². The summed E-state index contributed by atoms with van der Waals surface area (Å²) in [5, 5.41) is 0.500. The van der Waals surface area contributed by atoms with Crippen LogP contribution in [0, 0.1) is 0 Å². The predicted octanol–water partition coefficient (Wildman–Crippen LogP) is 1.09. The van der Waals surface area contributed by atoms with Crippen LogP contribution >= 0.6 is 11.8 Å². The Hall–Kier alpha value is -1.50. The molecule has 1 amide bonds. The average Bonchev–Trinajstić information content (AvgIpc) is 2.35. The van der Waals surface area contributed by atoms with Crippen LogP contribution in [-0.4, -0.2) is 39.6 Å². The number of carbonyl (C=O) groups excluding carboxylic acids is 1. The van der Waals surface area contributed by atoms with Crippen molar-refractivity contribution in [3.05, 3.63) is 16.4 Å². The molecule has 0 fully saturated rings. The highest BCUT2D eigenvalue weighted by Crippen LogP contribution is 2.14. The van der Waals surface area contributed by atoms with E-state index in [4.69, 9.17) is 5.73 Å². The number of aromatic nitrogens is 2. The van der Waals surface area contributed by atoms with Gasteiger partial charge in [-0.25, -0.2) is 4.98 Å². The van der Waals surface area contributed by atoms with Crippen LogP contribution in [0.4, 0.5) is 5.82 Å². The normalized spacial score (nSPS) is 10.4. The smallest absolute Gasteiger partial charge is 0.253 e. The molecule has 3 N–H and O–H groups in total. The van der Waals surface area contributed by atoms with Crippen LogP contribution in [0.2, 0.25) is 0 Å². The first-order chi connectivity index (χ1) is 9.06. The highest BCUT2D eigenvalue weighted by Gasteiger charge is 2.08. The number of H-pyrrole nitrogens is 1. The molecule has 0 aliphatic carbocycles. The topological polar surface area (TPSA) is 92.1 Å². The van der Waals surface area contributed by atoms with Gasteiger partial charge in [0.1, 0.15) is 5.82 Å². The molecule has 0 aliphatic heterocycles. The molecule has 6 nitrogen and oxygen atoms in total. The SMILES string of the molecule is CCN(CC)C(=O)CCCSc1nc(N)cc(=O)[nH]1. The lowest BCUT2D eigenvalue weighted by Crippen LogP contribution is -2.30. The highest BCUT2D eigenvalue weighted by atomic mass is 32.2. The first-order valence-electron chi connectivity index (χ1n) is 6.34. The van der Waals surface area contributed by atoms with Crippen molar-refractivity contribution in [3.8, 4) is 0 Å². The predicted molar refractivity (Wildman–Crippen MR) is 77.2 cm³/mol. The summed E-state index contributed by atoms with van der Waals surface area (Å²) in [5.41, 5.74) is 5.23. The molecule has 0 spiro atoms. The summed E-state index contributed by atoms with van der Waals surface area (Å²) in [6.45, 7) is 5.42. The molecule has 0 aromatic carbocycles. The van der Waals surface area contributed by atoms with Gasteiger partial charge in [-0.05, 0) is 20.3 Å². The van der Waals surface area contributed by atoms with Gasteiger partial charge in [-0.3, -0.25) is 9.59 Å². The summed E-state index contributed by atoms with van der Waals surface area (Å²) in [6.07, 6.45) is 1.26. The van der Waals surface area contributed by atoms with Gasteiger partial charge in [0.2, 0.25) is 5.91 Å². The Morgan fingerprint density at radius 2 is 2.16 bits per heavy atom. The summed E-state index contributed by atoms with van der Waals surface area (Å²) in [6, 6.07) is 1.24.